The first kappa shape index (κ1) is 22.2. The number of rotatable bonds is 6. The lowest BCUT2D eigenvalue weighted by Gasteiger charge is -2.39. The van der Waals surface area contributed by atoms with Gasteiger partial charge in [-0.25, -0.2) is 0 Å². The fraction of sp³-hybridized carbons (Fsp3) is 0.458. The van der Waals surface area contributed by atoms with Crippen LogP contribution in [0.1, 0.15) is 29.6 Å². The quantitative estimate of drug-likeness (QED) is 0.709. The molecule has 1 aromatic carbocycles. The van der Waals surface area contributed by atoms with E-state index >= 15 is 0 Å². The summed E-state index contributed by atoms with van der Waals surface area (Å²) in [5.74, 6) is -0.135. The van der Waals surface area contributed by atoms with Gasteiger partial charge in [0.1, 0.15) is 6.10 Å². The smallest absolute Gasteiger partial charge is 0.251 e. The van der Waals surface area contributed by atoms with Gasteiger partial charge >= 0.3 is 0 Å². The number of para-hydroxylation sites is 1. The van der Waals surface area contributed by atoms with Gasteiger partial charge in [0.05, 0.1) is 25.2 Å². The van der Waals surface area contributed by atoms with Crippen LogP contribution < -0.4 is 10.2 Å². The highest BCUT2D eigenvalue weighted by molar-refractivity contribution is 5.94. The van der Waals surface area contributed by atoms with Gasteiger partial charge in [-0.05, 0) is 37.1 Å². The Morgan fingerprint density at radius 3 is 2.44 bits per heavy atom. The number of nitrogens with zero attached hydrogens (tertiary/aromatic N) is 3. The molecule has 8 nitrogen and oxygen atoms in total. The second kappa shape index (κ2) is 10.6. The van der Waals surface area contributed by atoms with Crippen molar-refractivity contribution in [1.29, 1.82) is 0 Å². The third-order valence-corrected chi connectivity index (χ3v) is 6.21. The molecule has 0 aliphatic carbocycles. The van der Waals surface area contributed by atoms with Crippen molar-refractivity contribution < 1.29 is 19.4 Å². The number of benzene rings is 1. The number of anilines is 1. The van der Waals surface area contributed by atoms with Gasteiger partial charge in [-0.15, -0.1) is 0 Å². The maximum absolute atomic E-state index is 12.8. The molecule has 2 fully saturated rings. The fourth-order valence-electron chi connectivity index (χ4n) is 4.38. The number of nitrogens with one attached hydrogen (secondary N) is 1. The van der Waals surface area contributed by atoms with Crippen molar-refractivity contribution in [2.24, 2.45) is 0 Å². The molecule has 0 radical (unpaired) electrons. The molecule has 2 amide bonds. The summed E-state index contributed by atoms with van der Waals surface area (Å²) in [5, 5.41) is 12.7. The van der Waals surface area contributed by atoms with Gasteiger partial charge in [0, 0.05) is 49.8 Å². The number of piperazine rings is 1. The third kappa shape index (κ3) is 5.44. The summed E-state index contributed by atoms with van der Waals surface area (Å²) < 4.78 is 6.00. The lowest BCUT2D eigenvalue weighted by Crippen LogP contribution is -2.52. The van der Waals surface area contributed by atoms with Gasteiger partial charge in [-0.3, -0.25) is 14.6 Å². The van der Waals surface area contributed by atoms with Crippen molar-refractivity contribution >= 4 is 17.5 Å². The Bertz CT molecular complexity index is 887. The lowest BCUT2D eigenvalue weighted by molar-refractivity contribution is -0.140. The zero-order chi connectivity index (χ0) is 22.3. The van der Waals surface area contributed by atoms with E-state index in [0.29, 0.717) is 37.9 Å². The summed E-state index contributed by atoms with van der Waals surface area (Å²) in [5.41, 5.74) is 1.70. The molecule has 1 aromatic heterocycles. The van der Waals surface area contributed by atoms with Crippen LogP contribution >= 0.6 is 0 Å². The van der Waals surface area contributed by atoms with Gasteiger partial charge in [-0.1, -0.05) is 18.2 Å². The van der Waals surface area contributed by atoms with Crippen molar-refractivity contribution in [3.05, 3.63) is 60.4 Å². The minimum Gasteiger partial charge on any atom is -0.394 e. The topological polar surface area (TPSA) is 95.0 Å². The average Bonchev–Trinajstić information content (AvgIpc) is 2.86. The van der Waals surface area contributed by atoms with Gasteiger partial charge in [0.15, 0.2) is 0 Å². The number of carbonyl (C=O) groups excluding carboxylic acids is 2. The van der Waals surface area contributed by atoms with E-state index in [1.54, 1.807) is 24.5 Å². The molecular weight excluding hydrogens is 408 g/mol. The standard InChI is InChI=1S/C24H30N4O4/c29-17-22-21(26-24(31)18-8-10-25-11-9-18)7-6-20(32-22)16-23(30)28-14-12-27(13-15-28)19-4-2-1-3-5-19/h1-5,8-11,20-22,29H,6-7,12-17H2,(H,26,31)/t20-,21-,22-/m0/s1. The number of pyridine rings is 1. The van der Waals surface area contributed by atoms with Crippen LogP contribution in [0.4, 0.5) is 5.69 Å². The van der Waals surface area contributed by atoms with Crippen LogP contribution in [0, 0.1) is 0 Å². The number of hydrogen-bond donors (Lipinski definition) is 2. The second-order valence-corrected chi connectivity index (χ2v) is 8.28. The zero-order valence-corrected chi connectivity index (χ0v) is 18.1. The highest BCUT2D eigenvalue weighted by atomic mass is 16.5. The summed E-state index contributed by atoms with van der Waals surface area (Å²) in [4.78, 5) is 33.4. The Balaban J connectivity index is 1.25. The number of aliphatic hydroxyl groups is 1. The molecule has 8 heteroatoms. The van der Waals surface area contributed by atoms with E-state index in [4.69, 9.17) is 4.74 Å². The molecule has 2 saturated heterocycles. The summed E-state index contributed by atoms with van der Waals surface area (Å²) in [6, 6.07) is 13.2. The summed E-state index contributed by atoms with van der Waals surface area (Å²) >= 11 is 0. The summed E-state index contributed by atoms with van der Waals surface area (Å²) in [6.45, 7) is 2.79. The largest absolute Gasteiger partial charge is 0.394 e. The Kier molecular flexibility index (Phi) is 7.34. The lowest BCUT2D eigenvalue weighted by atomic mass is 9.96. The first-order valence-electron chi connectivity index (χ1n) is 11.2. The minimum absolute atomic E-state index is 0.0821. The van der Waals surface area contributed by atoms with E-state index in [9.17, 15) is 14.7 Å². The van der Waals surface area contributed by atoms with E-state index < -0.39 is 6.10 Å². The molecule has 2 aromatic rings. The first-order chi connectivity index (χ1) is 15.6. The summed E-state index contributed by atoms with van der Waals surface area (Å²) in [7, 11) is 0. The molecule has 0 saturated carbocycles. The molecule has 0 unspecified atom stereocenters. The predicted molar refractivity (Wildman–Crippen MR) is 120 cm³/mol. The van der Waals surface area contributed by atoms with Crippen LogP contribution in [-0.2, 0) is 9.53 Å². The van der Waals surface area contributed by atoms with Crippen molar-refractivity contribution in [3.63, 3.8) is 0 Å². The van der Waals surface area contributed by atoms with E-state index in [1.165, 1.54) is 5.69 Å². The molecule has 2 aliphatic heterocycles. The highest BCUT2D eigenvalue weighted by Gasteiger charge is 2.34. The molecular formula is C24H30N4O4. The Labute approximate surface area is 188 Å². The van der Waals surface area contributed by atoms with Gasteiger partial charge in [0.2, 0.25) is 5.91 Å². The van der Waals surface area contributed by atoms with Crippen LogP contribution in [0.5, 0.6) is 0 Å². The molecule has 3 heterocycles. The van der Waals surface area contributed by atoms with E-state index in [2.05, 4.69) is 27.3 Å². The third-order valence-electron chi connectivity index (χ3n) is 6.21. The zero-order valence-electron chi connectivity index (χ0n) is 18.1. The predicted octanol–water partition coefficient (Wildman–Crippen LogP) is 1.46. The SMILES string of the molecule is O=C(N[C@H]1CC[C@@H](CC(=O)N2CCN(c3ccccc3)CC2)O[C@H]1CO)c1ccncc1. The number of hydrogen-bond acceptors (Lipinski definition) is 6. The van der Waals surface area contributed by atoms with Crippen molar-refractivity contribution in [2.45, 2.75) is 37.5 Å². The number of aromatic nitrogens is 1. The highest BCUT2D eigenvalue weighted by Crippen LogP contribution is 2.24. The fourth-order valence-corrected chi connectivity index (χ4v) is 4.38. The Hall–Kier alpha value is -2.97. The Morgan fingerprint density at radius 1 is 1.03 bits per heavy atom. The maximum Gasteiger partial charge on any atom is 0.251 e. The molecule has 2 aliphatic rings. The van der Waals surface area contributed by atoms with E-state index in [1.807, 2.05) is 23.1 Å². The monoisotopic (exact) mass is 438 g/mol. The molecule has 32 heavy (non-hydrogen) atoms. The van der Waals surface area contributed by atoms with Crippen LogP contribution in [0.3, 0.4) is 0 Å². The van der Waals surface area contributed by atoms with Crippen molar-refractivity contribution in [1.82, 2.24) is 15.2 Å². The van der Waals surface area contributed by atoms with E-state index in [0.717, 1.165) is 13.1 Å². The summed E-state index contributed by atoms with van der Waals surface area (Å²) in [6.07, 6.45) is 3.97. The van der Waals surface area contributed by atoms with Crippen molar-refractivity contribution in [2.75, 3.05) is 37.7 Å². The average molecular weight is 439 g/mol. The van der Waals surface area contributed by atoms with Crippen LogP contribution in [-0.4, -0.2) is 77.8 Å². The van der Waals surface area contributed by atoms with Crippen LogP contribution in [0.25, 0.3) is 0 Å². The normalized spacial score (nSPS) is 23.6. The van der Waals surface area contributed by atoms with Crippen LogP contribution in [0.15, 0.2) is 54.9 Å². The Morgan fingerprint density at radius 2 is 1.75 bits per heavy atom. The number of aliphatic hydroxyl groups excluding tert-OH is 1. The maximum atomic E-state index is 12.8. The van der Waals surface area contributed by atoms with E-state index in [-0.39, 0.29) is 30.6 Å². The molecule has 0 bridgehead atoms. The van der Waals surface area contributed by atoms with Crippen molar-refractivity contribution in [3.8, 4) is 0 Å². The van der Waals surface area contributed by atoms with Gasteiger partial charge in [0.25, 0.3) is 5.91 Å². The molecule has 2 N–H and O–H groups in total. The van der Waals surface area contributed by atoms with Crippen LogP contribution in [0.2, 0.25) is 0 Å². The molecule has 3 atom stereocenters. The molecule has 170 valence electrons. The van der Waals surface area contributed by atoms with Gasteiger partial charge in [-0.2, -0.15) is 0 Å². The van der Waals surface area contributed by atoms with Gasteiger partial charge < -0.3 is 25.0 Å². The molecule has 0 spiro atoms. The number of carbonyl (C=O) groups is 2. The molecule has 4 rings (SSSR count). The minimum atomic E-state index is -0.526. The first-order valence-corrected chi connectivity index (χ1v) is 11.2. The second-order valence-electron chi connectivity index (χ2n) is 8.28. The number of ether oxygens (including phenoxy) is 1. The number of amides is 2.